The van der Waals surface area contributed by atoms with Gasteiger partial charge in [0.2, 0.25) is 0 Å². The average molecular weight is 268 g/mol. The Labute approximate surface area is 73.1 Å². The van der Waals surface area contributed by atoms with E-state index >= 15 is 0 Å². The van der Waals surface area contributed by atoms with Crippen LogP contribution in [0.2, 0.25) is 0 Å². The maximum absolute atomic E-state index is 4.18. The maximum atomic E-state index is 4.18. The maximum Gasteiger partial charge on any atom is 0.182 e. The van der Waals surface area contributed by atoms with Crippen LogP contribution in [0.5, 0.6) is 0 Å². The monoisotopic (exact) mass is 268 g/mol. The van der Waals surface area contributed by atoms with Gasteiger partial charge in [0.05, 0.1) is 5.51 Å². The summed E-state index contributed by atoms with van der Waals surface area (Å²) in [6, 6.07) is 0. The summed E-state index contributed by atoms with van der Waals surface area (Å²) in [4.78, 5) is 8.23. The zero-order valence-corrected chi connectivity index (χ0v) is 7.96. The molecule has 0 spiro atoms. The van der Waals surface area contributed by atoms with E-state index in [2.05, 4.69) is 32.6 Å². The summed E-state index contributed by atoms with van der Waals surface area (Å²) in [5.41, 5.74) is 2.72. The number of thiazole rings is 2. The van der Waals surface area contributed by atoms with Gasteiger partial charge in [-0.3, -0.25) is 0 Å². The molecular formula is C4HIN2S2. The van der Waals surface area contributed by atoms with Crippen molar-refractivity contribution in [2.75, 3.05) is 0 Å². The first-order chi connectivity index (χ1) is 4.36. The minimum atomic E-state index is 0.898. The zero-order valence-electron chi connectivity index (χ0n) is 4.17. The van der Waals surface area contributed by atoms with Crippen molar-refractivity contribution in [3.05, 3.63) is 8.52 Å². The number of halogens is 1. The van der Waals surface area contributed by atoms with E-state index in [1.54, 1.807) is 22.7 Å². The molecule has 0 N–H and O–H groups in total. The first-order valence-electron chi connectivity index (χ1n) is 2.22. The minimum absolute atomic E-state index is 0.898. The van der Waals surface area contributed by atoms with E-state index in [1.807, 2.05) is 5.51 Å². The van der Waals surface area contributed by atoms with Crippen LogP contribution in [0.15, 0.2) is 5.51 Å². The third-order valence-corrected chi connectivity index (χ3v) is 3.56. The Kier molecular flexibility index (Phi) is 1.42. The smallest absolute Gasteiger partial charge is 0.182 e. The van der Waals surface area contributed by atoms with Crippen molar-refractivity contribution in [2.24, 2.45) is 0 Å². The molecular weight excluding hydrogens is 267 g/mol. The first-order valence-corrected chi connectivity index (χ1v) is 4.99. The van der Waals surface area contributed by atoms with Gasteiger partial charge in [-0.2, -0.15) is 0 Å². The van der Waals surface area contributed by atoms with Gasteiger partial charge in [-0.1, -0.05) is 11.3 Å². The molecule has 9 heavy (non-hydrogen) atoms. The van der Waals surface area contributed by atoms with Crippen LogP contribution in [0.3, 0.4) is 0 Å². The third-order valence-electron chi connectivity index (χ3n) is 0.888. The number of hydrogen-bond donors (Lipinski definition) is 0. The van der Waals surface area contributed by atoms with E-state index in [9.17, 15) is 0 Å². The van der Waals surface area contributed by atoms with Gasteiger partial charge >= 0.3 is 0 Å². The fraction of sp³-hybridized carbons (Fsp3) is 0. The second-order valence-corrected chi connectivity index (χ2v) is 5.30. The number of fused-ring (bicyclic) bond motifs is 1. The van der Waals surface area contributed by atoms with Crippen molar-refractivity contribution in [3.8, 4) is 0 Å². The summed E-state index contributed by atoms with van der Waals surface area (Å²) in [5.74, 6) is 0. The van der Waals surface area contributed by atoms with Gasteiger partial charge in [0.25, 0.3) is 0 Å². The van der Waals surface area contributed by atoms with E-state index < -0.39 is 0 Å². The molecule has 2 aromatic rings. The highest BCUT2D eigenvalue weighted by atomic mass is 127. The van der Waals surface area contributed by atoms with Gasteiger partial charge in [0.1, 0.15) is 4.01 Å². The topological polar surface area (TPSA) is 25.8 Å². The number of rotatable bonds is 0. The molecule has 46 valence electrons. The second-order valence-electron chi connectivity index (χ2n) is 1.43. The summed E-state index contributed by atoms with van der Waals surface area (Å²) >= 11 is 5.54. The summed E-state index contributed by atoms with van der Waals surface area (Å²) < 4.78 is 2.29. The van der Waals surface area contributed by atoms with Crippen LogP contribution in [-0.4, -0.2) is 9.97 Å². The minimum Gasteiger partial charge on any atom is -0.224 e. The van der Waals surface area contributed by atoms with Gasteiger partial charge < -0.3 is 0 Å². The molecule has 0 aliphatic carbocycles. The third kappa shape index (κ3) is 0.968. The molecule has 0 saturated carbocycles. The predicted octanol–water partition coefficient (Wildman–Crippen LogP) is 2.36. The van der Waals surface area contributed by atoms with Crippen molar-refractivity contribution in [2.45, 2.75) is 0 Å². The highest BCUT2D eigenvalue weighted by Crippen LogP contribution is 2.25. The molecule has 2 aromatic heterocycles. The van der Waals surface area contributed by atoms with Crippen molar-refractivity contribution < 1.29 is 0 Å². The Morgan fingerprint density at radius 3 is 3.22 bits per heavy atom. The Morgan fingerprint density at radius 1 is 1.56 bits per heavy atom. The summed E-state index contributed by atoms with van der Waals surface area (Å²) in [6.45, 7) is 0. The van der Waals surface area contributed by atoms with Crippen molar-refractivity contribution in [1.82, 2.24) is 9.97 Å². The molecule has 2 rings (SSSR count). The molecule has 0 saturated heterocycles. The quantitative estimate of drug-likeness (QED) is 0.685. The van der Waals surface area contributed by atoms with Crippen LogP contribution in [0.1, 0.15) is 0 Å². The SMILES string of the molecule is Ic1nc2ncsc2s1. The molecule has 0 bridgehead atoms. The molecule has 0 amide bonds. The zero-order chi connectivity index (χ0) is 6.27. The second kappa shape index (κ2) is 2.14. The van der Waals surface area contributed by atoms with Gasteiger partial charge in [-0.25, -0.2) is 9.97 Å². The molecule has 5 heteroatoms. The lowest BCUT2D eigenvalue weighted by molar-refractivity contribution is 1.34. The Balaban J connectivity index is 2.92. The number of nitrogens with zero attached hydrogens (tertiary/aromatic N) is 2. The van der Waals surface area contributed by atoms with E-state index in [0.29, 0.717) is 0 Å². The number of aromatic nitrogens is 2. The first kappa shape index (κ1) is 5.99. The predicted molar refractivity (Wildman–Crippen MR) is 48.0 cm³/mol. The molecule has 0 aliphatic rings. The fourth-order valence-electron chi connectivity index (χ4n) is 0.556. The highest BCUT2D eigenvalue weighted by molar-refractivity contribution is 14.1. The molecule has 2 nitrogen and oxygen atoms in total. The Morgan fingerprint density at radius 2 is 2.44 bits per heavy atom. The molecule has 0 unspecified atom stereocenters. The largest absolute Gasteiger partial charge is 0.224 e. The summed E-state index contributed by atoms with van der Waals surface area (Å²) in [6.07, 6.45) is 0. The average Bonchev–Trinajstić information content (AvgIpc) is 2.22. The molecule has 0 aliphatic heterocycles. The van der Waals surface area contributed by atoms with Crippen molar-refractivity contribution in [1.29, 1.82) is 0 Å². The van der Waals surface area contributed by atoms with Gasteiger partial charge in [0.15, 0.2) is 8.66 Å². The van der Waals surface area contributed by atoms with E-state index in [-0.39, 0.29) is 0 Å². The lowest BCUT2D eigenvalue weighted by Crippen LogP contribution is -1.64. The standard InChI is InChI=1S/C4HIN2S2/c5-4-7-2-3(9-4)8-1-6-2/h1H. The van der Waals surface area contributed by atoms with Crippen LogP contribution < -0.4 is 0 Å². The van der Waals surface area contributed by atoms with Crippen LogP contribution in [0, 0.1) is 3.01 Å². The lowest BCUT2D eigenvalue weighted by atomic mass is 10.9. The van der Waals surface area contributed by atoms with E-state index in [1.165, 1.54) is 4.01 Å². The normalized spacial score (nSPS) is 10.8. The fourth-order valence-corrected chi connectivity index (χ4v) is 3.38. The van der Waals surface area contributed by atoms with Crippen LogP contribution >= 0.6 is 45.3 Å². The number of hydrogen-bond acceptors (Lipinski definition) is 4. The van der Waals surface area contributed by atoms with Crippen LogP contribution in [-0.2, 0) is 0 Å². The lowest BCUT2D eigenvalue weighted by Gasteiger charge is -1.66. The van der Waals surface area contributed by atoms with Gasteiger partial charge in [-0.05, 0) is 22.6 Å². The van der Waals surface area contributed by atoms with Gasteiger partial charge in [-0.15, -0.1) is 11.3 Å². The highest BCUT2D eigenvalue weighted by Gasteiger charge is 2.01. The summed E-state index contributed by atoms with van der Waals surface area (Å²) in [5, 5.41) is 0. The van der Waals surface area contributed by atoms with Crippen LogP contribution in [0.25, 0.3) is 9.66 Å². The van der Waals surface area contributed by atoms with E-state index in [0.717, 1.165) is 8.66 Å². The van der Waals surface area contributed by atoms with Gasteiger partial charge in [0, 0.05) is 0 Å². The molecule has 0 radical (unpaired) electrons. The summed E-state index contributed by atoms with van der Waals surface area (Å²) in [7, 11) is 0. The Bertz CT molecular complexity index is 297. The molecule has 2 heterocycles. The molecule has 0 aromatic carbocycles. The van der Waals surface area contributed by atoms with Crippen molar-refractivity contribution >= 4 is 54.9 Å². The molecule has 0 atom stereocenters. The van der Waals surface area contributed by atoms with Crippen molar-refractivity contribution in [3.63, 3.8) is 0 Å². The molecule has 0 fully saturated rings. The Hall–Kier alpha value is 0.250. The van der Waals surface area contributed by atoms with E-state index in [4.69, 9.17) is 0 Å². The van der Waals surface area contributed by atoms with Crippen LogP contribution in [0.4, 0.5) is 0 Å².